The lowest BCUT2D eigenvalue weighted by Crippen LogP contribution is -2.38. The molecule has 2 rings (SSSR count). The summed E-state index contributed by atoms with van der Waals surface area (Å²) < 4.78 is 32.3. The lowest BCUT2D eigenvalue weighted by atomic mass is 10.2. The Morgan fingerprint density at radius 2 is 1.69 bits per heavy atom. The van der Waals surface area contributed by atoms with Crippen LogP contribution in [0.5, 0.6) is 5.75 Å². The lowest BCUT2D eigenvalue weighted by Gasteiger charge is -2.26. The van der Waals surface area contributed by atoms with E-state index in [-0.39, 0.29) is 50.2 Å². The number of aliphatic hydroxyl groups is 2. The molecule has 13 heteroatoms. The first kappa shape index (κ1) is 32.8. The molecular formula is C26H43N3O10. The van der Waals surface area contributed by atoms with Gasteiger partial charge in [-0.3, -0.25) is 19.5 Å². The van der Waals surface area contributed by atoms with Crippen LogP contribution in [0.15, 0.2) is 18.3 Å². The first-order valence-corrected chi connectivity index (χ1v) is 13.3. The van der Waals surface area contributed by atoms with Crippen molar-refractivity contribution in [3.8, 4) is 5.75 Å². The minimum atomic E-state index is -1.70. The topological polar surface area (TPSA) is 149 Å². The number of morpholine rings is 1. The van der Waals surface area contributed by atoms with Gasteiger partial charge in [0.2, 0.25) is 5.91 Å². The fourth-order valence-corrected chi connectivity index (χ4v) is 3.69. The molecule has 1 aromatic rings. The zero-order chi connectivity index (χ0) is 28.1. The molecule has 1 aliphatic heterocycles. The van der Waals surface area contributed by atoms with Crippen molar-refractivity contribution in [2.45, 2.75) is 25.6 Å². The Bertz CT molecular complexity index is 808. The highest BCUT2D eigenvalue weighted by Crippen LogP contribution is 2.15. The van der Waals surface area contributed by atoms with Crippen molar-refractivity contribution in [3.05, 3.63) is 24.0 Å². The number of amides is 1. The van der Waals surface area contributed by atoms with E-state index in [1.165, 1.54) is 19.4 Å². The molecule has 13 nitrogen and oxygen atoms in total. The Labute approximate surface area is 229 Å². The molecule has 222 valence electrons. The third-order valence-electron chi connectivity index (χ3n) is 5.90. The Hall–Kier alpha value is -2.39. The number of hydrogen-bond acceptors (Lipinski definition) is 12. The molecule has 1 amide bonds. The Kier molecular flexibility index (Phi) is 17.3. The third kappa shape index (κ3) is 15.1. The molecule has 1 aromatic heterocycles. The maximum Gasteiger partial charge on any atom is 0.305 e. The molecule has 0 aliphatic carbocycles. The predicted molar refractivity (Wildman–Crippen MR) is 139 cm³/mol. The number of aliphatic hydroxyl groups excluding tert-OH is 1. The van der Waals surface area contributed by atoms with Crippen molar-refractivity contribution in [3.63, 3.8) is 0 Å². The molecule has 0 saturated carbocycles. The van der Waals surface area contributed by atoms with E-state index in [2.05, 4.69) is 14.6 Å². The predicted octanol–water partition coefficient (Wildman–Crippen LogP) is -0.00250. The van der Waals surface area contributed by atoms with Gasteiger partial charge < -0.3 is 43.5 Å². The SMILES string of the molecule is COC(=O)CCCN(CCOc1ccnc(C(O)O)c1)C(=O)CCOCCOCCOCCN1CCOCC1. The Morgan fingerprint density at radius 1 is 1.00 bits per heavy atom. The van der Waals surface area contributed by atoms with E-state index in [0.29, 0.717) is 51.7 Å². The highest BCUT2D eigenvalue weighted by atomic mass is 16.5. The number of pyridine rings is 1. The van der Waals surface area contributed by atoms with Gasteiger partial charge in [0.15, 0.2) is 6.29 Å². The van der Waals surface area contributed by atoms with Gasteiger partial charge in [0.25, 0.3) is 0 Å². The average molecular weight is 558 g/mol. The molecule has 0 bridgehead atoms. The normalized spacial score (nSPS) is 13.9. The fraction of sp³-hybridized carbons (Fsp3) is 0.731. The Balaban J connectivity index is 1.58. The first-order valence-electron chi connectivity index (χ1n) is 13.3. The fourth-order valence-electron chi connectivity index (χ4n) is 3.69. The van der Waals surface area contributed by atoms with Crippen molar-refractivity contribution in [1.29, 1.82) is 0 Å². The van der Waals surface area contributed by atoms with E-state index in [0.717, 1.165) is 32.8 Å². The number of ether oxygens (including phenoxy) is 6. The number of esters is 1. The quantitative estimate of drug-likeness (QED) is 0.119. The summed E-state index contributed by atoms with van der Waals surface area (Å²) in [5, 5.41) is 18.5. The van der Waals surface area contributed by atoms with Crippen LogP contribution in [0, 0.1) is 0 Å². The number of aromatic nitrogens is 1. The van der Waals surface area contributed by atoms with E-state index in [1.807, 2.05) is 0 Å². The lowest BCUT2D eigenvalue weighted by molar-refractivity contribution is -0.141. The molecule has 1 aliphatic rings. The van der Waals surface area contributed by atoms with Crippen molar-refractivity contribution in [1.82, 2.24) is 14.8 Å². The van der Waals surface area contributed by atoms with Crippen LogP contribution in [0.3, 0.4) is 0 Å². The number of hydrogen-bond donors (Lipinski definition) is 2. The van der Waals surface area contributed by atoms with Gasteiger partial charge in [-0.15, -0.1) is 0 Å². The van der Waals surface area contributed by atoms with E-state index in [4.69, 9.17) is 23.7 Å². The van der Waals surface area contributed by atoms with Gasteiger partial charge in [0.05, 0.1) is 78.6 Å². The minimum Gasteiger partial charge on any atom is -0.492 e. The van der Waals surface area contributed by atoms with Crippen LogP contribution in [-0.2, 0) is 33.3 Å². The molecule has 0 radical (unpaired) electrons. The van der Waals surface area contributed by atoms with Gasteiger partial charge in [0, 0.05) is 44.9 Å². The molecular weight excluding hydrogens is 514 g/mol. The first-order chi connectivity index (χ1) is 19.0. The second-order valence-corrected chi connectivity index (χ2v) is 8.74. The highest BCUT2D eigenvalue weighted by molar-refractivity contribution is 5.76. The van der Waals surface area contributed by atoms with Crippen LogP contribution in [-0.4, -0.2) is 136 Å². The summed E-state index contributed by atoms with van der Waals surface area (Å²) in [6, 6.07) is 3.00. The average Bonchev–Trinajstić information content (AvgIpc) is 2.95. The van der Waals surface area contributed by atoms with Crippen molar-refractivity contribution >= 4 is 11.9 Å². The maximum absolute atomic E-state index is 12.8. The molecule has 1 fully saturated rings. The van der Waals surface area contributed by atoms with Gasteiger partial charge in [-0.25, -0.2) is 0 Å². The summed E-state index contributed by atoms with van der Waals surface area (Å²) in [6.07, 6.45) is 0.545. The Morgan fingerprint density at radius 3 is 2.38 bits per heavy atom. The molecule has 2 N–H and O–H groups in total. The van der Waals surface area contributed by atoms with Gasteiger partial charge in [-0.1, -0.05) is 0 Å². The molecule has 0 aromatic carbocycles. The van der Waals surface area contributed by atoms with Gasteiger partial charge in [0.1, 0.15) is 12.4 Å². The zero-order valence-electron chi connectivity index (χ0n) is 22.8. The van der Waals surface area contributed by atoms with Crippen LogP contribution >= 0.6 is 0 Å². The largest absolute Gasteiger partial charge is 0.492 e. The molecule has 0 spiro atoms. The van der Waals surface area contributed by atoms with Crippen molar-refractivity contribution in [2.24, 2.45) is 0 Å². The molecule has 1 saturated heterocycles. The van der Waals surface area contributed by atoms with Crippen LogP contribution in [0.25, 0.3) is 0 Å². The summed E-state index contributed by atoms with van der Waals surface area (Å²) in [6.45, 7) is 7.87. The molecule has 39 heavy (non-hydrogen) atoms. The van der Waals surface area contributed by atoms with Crippen LogP contribution in [0.1, 0.15) is 31.2 Å². The summed E-state index contributed by atoms with van der Waals surface area (Å²) in [5.74, 6) is -0.0588. The number of methoxy groups -OCH3 is 1. The maximum atomic E-state index is 12.8. The second-order valence-electron chi connectivity index (χ2n) is 8.74. The molecule has 2 heterocycles. The van der Waals surface area contributed by atoms with Crippen molar-refractivity contribution < 1.29 is 48.2 Å². The number of carbonyl (C=O) groups excluding carboxylic acids is 2. The molecule has 0 unspecified atom stereocenters. The van der Waals surface area contributed by atoms with E-state index in [1.54, 1.807) is 11.0 Å². The van der Waals surface area contributed by atoms with E-state index < -0.39 is 6.29 Å². The van der Waals surface area contributed by atoms with Gasteiger partial charge in [-0.05, 0) is 12.5 Å². The number of rotatable bonds is 21. The van der Waals surface area contributed by atoms with Gasteiger partial charge in [-0.2, -0.15) is 0 Å². The van der Waals surface area contributed by atoms with Crippen molar-refractivity contribution in [2.75, 3.05) is 99.3 Å². The summed E-state index contributed by atoms with van der Waals surface area (Å²) >= 11 is 0. The number of carbonyl (C=O) groups is 2. The van der Waals surface area contributed by atoms with Crippen LogP contribution in [0.4, 0.5) is 0 Å². The van der Waals surface area contributed by atoms with E-state index in [9.17, 15) is 19.8 Å². The summed E-state index contributed by atoms with van der Waals surface area (Å²) in [5.41, 5.74) is 0.0657. The minimum absolute atomic E-state index is 0.0657. The summed E-state index contributed by atoms with van der Waals surface area (Å²) in [7, 11) is 1.33. The summed E-state index contributed by atoms with van der Waals surface area (Å²) in [4.78, 5) is 32.0. The second kappa shape index (κ2) is 20.5. The van der Waals surface area contributed by atoms with Crippen LogP contribution in [0.2, 0.25) is 0 Å². The monoisotopic (exact) mass is 557 g/mol. The standard InChI is InChI=1S/C26H43N3O10/c1-34-25(31)3-2-7-29(11-16-39-22-4-6-27-23(21-22)26(32)33)24(30)5-12-35-17-19-38-20-18-37-15-10-28-8-13-36-14-9-28/h4,6,21,26,32-33H,2-3,5,7-20H2,1H3. The molecule has 0 atom stereocenters. The van der Waals surface area contributed by atoms with Crippen LogP contribution < -0.4 is 4.74 Å². The third-order valence-corrected chi connectivity index (χ3v) is 5.90. The highest BCUT2D eigenvalue weighted by Gasteiger charge is 2.15. The van der Waals surface area contributed by atoms with Gasteiger partial charge >= 0.3 is 5.97 Å². The zero-order valence-corrected chi connectivity index (χ0v) is 22.8. The number of nitrogens with zero attached hydrogens (tertiary/aromatic N) is 3. The van der Waals surface area contributed by atoms with E-state index >= 15 is 0 Å². The smallest absolute Gasteiger partial charge is 0.305 e.